The van der Waals surface area contributed by atoms with E-state index >= 15 is 0 Å². The largest absolute Gasteiger partial charge is 0.396 e. The number of nitrogens with two attached hydrogens (primary N) is 1. The summed E-state index contributed by atoms with van der Waals surface area (Å²) < 4.78 is 0. The molecule has 1 aromatic carbocycles. The van der Waals surface area contributed by atoms with Crippen LogP contribution in [0.4, 0.5) is 11.4 Å². The number of nitrogen functional groups attached to an aromatic ring is 1. The van der Waals surface area contributed by atoms with Gasteiger partial charge in [-0.15, -0.1) is 0 Å². The highest BCUT2D eigenvalue weighted by atomic mass is 35.5. The fourth-order valence-corrected chi connectivity index (χ4v) is 1.81. The average molecular weight is 299 g/mol. The number of amides is 1. The summed E-state index contributed by atoms with van der Waals surface area (Å²) in [4.78, 5) is 22.7. The van der Waals surface area contributed by atoms with E-state index in [0.717, 1.165) is 0 Å². The summed E-state index contributed by atoms with van der Waals surface area (Å²) in [6.07, 6.45) is 0. The van der Waals surface area contributed by atoms with Crippen molar-refractivity contribution in [1.82, 2.24) is 10.2 Å². The van der Waals surface area contributed by atoms with Gasteiger partial charge in [0, 0.05) is 11.8 Å². The molecule has 0 spiro atoms. The van der Waals surface area contributed by atoms with Gasteiger partial charge in [0.15, 0.2) is 0 Å². The number of hydrogen-bond acceptors (Lipinski definition) is 4. The highest BCUT2D eigenvalue weighted by Gasteiger charge is 2.10. The normalized spacial score (nSPS) is 10.2. The molecule has 19 heavy (non-hydrogen) atoms. The molecule has 0 aliphatic heterocycles. The van der Waals surface area contributed by atoms with Crippen molar-refractivity contribution in [3.63, 3.8) is 0 Å². The number of anilines is 2. The van der Waals surface area contributed by atoms with Crippen molar-refractivity contribution >= 4 is 40.5 Å². The predicted octanol–water partition coefficient (Wildman–Crippen LogP) is 1.91. The molecule has 1 heterocycles. The SMILES string of the molecule is Nc1c(Cl)cc(NC(=O)c2ccc(=O)[nH]n2)cc1Cl. The van der Waals surface area contributed by atoms with Gasteiger partial charge in [-0.2, -0.15) is 5.10 Å². The number of hydrogen-bond donors (Lipinski definition) is 3. The summed E-state index contributed by atoms with van der Waals surface area (Å²) in [6, 6.07) is 5.43. The van der Waals surface area contributed by atoms with E-state index in [1.54, 1.807) is 0 Å². The molecule has 0 unspecified atom stereocenters. The number of carbonyl (C=O) groups is 1. The number of H-pyrrole nitrogens is 1. The van der Waals surface area contributed by atoms with Gasteiger partial charge in [0.25, 0.3) is 11.5 Å². The number of aromatic nitrogens is 2. The van der Waals surface area contributed by atoms with Gasteiger partial charge in [0.05, 0.1) is 15.7 Å². The lowest BCUT2D eigenvalue weighted by Gasteiger charge is -2.07. The fraction of sp³-hybridized carbons (Fsp3) is 0. The number of nitrogens with zero attached hydrogens (tertiary/aromatic N) is 1. The monoisotopic (exact) mass is 298 g/mol. The van der Waals surface area contributed by atoms with Gasteiger partial charge in [-0.25, -0.2) is 5.10 Å². The number of halogens is 2. The average Bonchev–Trinajstić information content (AvgIpc) is 2.36. The smallest absolute Gasteiger partial charge is 0.276 e. The summed E-state index contributed by atoms with van der Waals surface area (Å²) in [5, 5.41) is 8.76. The van der Waals surface area contributed by atoms with E-state index in [1.807, 2.05) is 0 Å². The molecule has 0 bridgehead atoms. The van der Waals surface area contributed by atoms with Crippen LogP contribution < -0.4 is 16.6 Å². The lowest BCUT2D eigenvalue weighted by molar-refractivity contribution is 0.102. The van der Waals surface area contributed by atoms with E-state index in [9.17, 15) is 9.59 Å². The summed E-state index contributed by atoms with van der Waals surface area (Å²) in [5.41, 5.74) is 5.86. The maximum Gasteiger partial charge on any atom is 0.276 e. The van der Waals surface area contributed by atoms with Crippen molar-refractivity contribution < 1.29 is 4.79 Å². The second kappa shape index (κ2) is 5.29. The van der Waals surface area contributed by atoms with Gasteiger partial charge in [0.1, 0.15) is 5.69 Å². The first-order valence-electron chi connectivity index (χ1n) is 5.09. The Bertz CT molecular complexity index is 656. The van der Waals surface area contributed by atoms with E-state index in [4.69, 9.17) is 28.9 Å². The molecule has 8 heteroatoms. The van der Waals surface area contributed by atoms with Crippen molar-refractivity contribution in [2.75, 3.05) is 11.1 Å². The fourth-order valence-electron chi connectivity index (χ4n) is 1.32. The van der Waals surface area contributed by atoms with Crippen molar-refractivity contribution in [2.24, 2.45) is 0 Å². The van der Waals surface area contributed by atoms with Crippen LogP contribution in [0.25, 0.3) is 0 Å². The quantitative estimate of drug-likeness (QED) is 0.737. The summed E-state index contributed by atoms with van der Waals surface area (Å²) >= 11 is 11.7. The second-order valence-electron chi connectivity index (χ2n) is 3.61. The topological polar surface area (TPSA) is 101 Å². The van der Waals surface area contributed by atoms with E-state index in [-0.39, 0.29) is 21.4 Å². The van der Waals surface area contributed by atoms with Gasteiger partial charge >= 0.3 is 0 Å². The van der Waals surface area contributed by atoms with E-state index in [1.165, 1.54) is 24.3 Å². The Balaban J connectivity index is 2.24. The van der Waals surface area contributed by atoms with Crippen LogP contribution in [0.15, 0.2) is 29.1 Å². The van der Waals surface area contributed by atoms with Crippen LogP contribution in [0, 0.1) is 0 Å². The summed E-state index contributed by atoms with van der Waals surface area (Å²) in [7, 11) is 0. The molecule has 1 aromatic heterocycles. The molecule has 1 amide bonds. The number of rotatable bonds is 2. The highest BCUT2D eigenvalue weighted by molar-refractivity contribution is 6.39. The standard InChI is InChI=1S/C11H8Cl2N4O2/c12-6-3-5(4-7(13)10(6)14)15-11(19)8-1-2-9(18)17-16-8/h1-4H,14H2,(H,15,19)(H,17,18). The first-order chi connectivity index (χ1) is 8.97. The molecular formula is C11H8Cl2N4O2. The Morgan fingerprint density at radius 1 is 1.26 bits per heavy atom. The van der Waals surface area contributed by atoms with Gasteiger partial charge in [-0.3, -0.25) is 9.59 Å². The van der Waals surface area contributed by atoms with Crippen molar-refractivity contribution in [1.29, 1.82) is 0 Å². The lowest BCUT2D eigenvalue weighted by atomic mass is 10.2. The summed E-state index contributed by atoms with van der Waals surface area (Å²) in [5.74, 6) is -0.506. The molecule has 2 aromatic rings. The molecule has 6 nitrogen and oxygen atoms in total. The number of benzene rings is 1. The summed E-state index contributed by atoms with van der Waals surface area (Å²) in [6.45, 7) is 0. The van der Waals surface area contributed by atoms with Crippen LogP contribution in [0.2, 0.25) is 10.0 Å². The molecule has 0 radical (unpaired) electrons. The van der Waals surface area contributed by atoms with Crippen molar-refractivity contribution in [2.45, 2.75) is 0 Å². The highest BCUT2D eigenvalue weighted by Crippen LogP contribution is 2.31. The molecule has 2 rings (SSSR count). The molecule has 0 atom stereocenters. The molecule has 0 fully saturated rings. The maximum absolute atomic E-state index is 11.8. The Hall–Kier alpha value is -2.05. The molecule has 0 aliphatic carbocycles. The zero-order valence-corrected chi connectivity index (χ0v) is 10.9. The van der Waals surface area contributed by atoms with E-state index < -0.39 is 11.5 Å². The van der Waals surface area contributed by atoms with Crippen LogP contribution >= 0.6 is 23.2 Å². The molecule has 0 saturated carbocycles. The third-order valence-corrected chi connectivity index (χ3v) is 2.87. The Morgan fingerprint density at radius 3 is 2.42 bits per heavy atom. The third-order valence-electron chi connectivity index (χ3n) is 2.25. The third kappa shape index (κ3) is 3.04. The zero-order chi connectivity index (χ0) is 14.0. The van der Waals surface area contributed by atoms with Crippen LogP contribution in [0.3, 0.4) is 0 Å². The number of aromatic amines is 1. The first kappa shape index (κ1) is 13.4. The number of carbonyl (C=O) groups excluding carboxylic acids is 1. The van der Waals surface area contributed by atoms with Gasteiger partial charge in [-0.1, -0.05) is 23.2 Å². The van der Waals surface area contributed by atoms with Crippen LogP contribution in [0.5, 0.6) is 0 Å². The number of nitrogens with one attached hydrogen (secondary N) is 2. The molecule has 98 valence electrons. The maximum atomic E-state index is 11.8. The Labute approximate surface area is 117 Å². The molecule has 4 N–H and O–H groups in total. The van der Waals surface area contributed by atoms with E-state index in [2.05, 4.69) is 15.5 Å². The van der Waals surface area contributed by atoms with E-state index in [0.29, 0.717) is 5.69 Å². The van der Waals surface area contributed by atoms with Gasteiger partial charge < -0.3 is 11.1 Å². The van der Waals surface area contributed by atoms with Crippen LogP contribution in [0.1, 0.15) is 10.5 Å². The zero-order valence-electron chi connectivity index (χ0n) is 9.41. The molecule has 0 saturated heterocycles. The first-order valence-corrected chi connectivity index (χ1v) is 5.84. The van der Waals surface area contributed by atoms with Crippen molar-refractivity contribution in [3.05, 3.63) is 50.4 Å². The Morgan fingerprint density at radius 2 is 1.89 bits per heavy atom. The minimum atomic E-state index is -0.506. The van der Waals surface area contributed by atoms with Gasteiger partial charge in [0.2, 0.25) is 0 Å². The van der Waals surface area contributed by atoms with Gasteiger partial charge in [-0.05, 0) is 18.2 Å². The molecule has 0 aliphatic rings. The Kier molecular flexibility index (Phi) is 3.73. The van der Waals surface area contributed by atoms with Crippen molar-refractivity contribution in [3.8, 4) is 0 Å². The second-order valence-corrected chi connectivity index (χ2v) is 4.43. The molecular weight excluding hydrogens is 291 g/mol. The van der Waals surface area contributed by atoms with Crippen LogP contribution in [-0.4, -0.2) is 16.1 Å². The minimum Gasteiger partial charge on any atom is -0.396 e. The lowest BCUT2D eigenvalue weighted by Crippen LogP contribution is -2.17. The minimum absolute atomic E-state index is 0.0590. The predicted molar refractivity (Wildman–Crippen MR) is 73.7 cm³/mol. The van der Waals surface area contributed by atoms with Crippen LogP contribution in [-0.2, 0) is 0 Å².